The number of anilines is 2. The fraction of sp³-hybridized carbons (Fsp3) is 0.176. The predicted octanol–water partition coefficient (Wildman–Crippen LogP) is 12.2. The summed E-state index contributed by atoms with van der Waals surface area (Å²) in [6, 6.07) is 40.1. The van der Waals surface area contributed by atoms with Crippen molar-refractivity contribution >= 4 is 22.1 Å². The zero-order valence-corrected chi connectivity index (χ0v) is 30.0. The summed E-state index contributed by atoms with van der Waals surface area (Å²) in [7, 11) is 0. The second kappa shape index (κ2) is 11.5. The standard InChI is InChI=1S/C51H39NO2/c1-3-17-35-32(13-1)15-11-25-45(35)52(46-26-12-16-33-14-2-4-18-36(33)46)34-27-28-47-48(29-34)54-49-30-40-39-21-7-10-24-43(39)51(44(40)31-50(49)53-47)41-22-8-5-19-37(41)38-20-6-9-23-42(38)51/h1-11,13-15,17-25,27-30,33,39,43,50H,12,16,26,31H2. The molecule has 5 aromatic carbocycles. The summed E-state index contributed by atoms with van der Waals surface area (Å²) in [6.45, 7) is 0. The van der Waals surface area contributed by atoms with E-state index in [2.05, 4.69) is 169 Å². The summed E-state index contributed by atoms with van der Waals surface area (Å²) < 4.78 is 14.0. The molecule has 4 atom stereocenters. The van der Waals surface area contributed by atoms with Gasteiger partial charge in [-0.05, 0) is 87.9 Å². The normalized spacial score (nSPS) is 24.5. The molecular weight excluding hydrogens is 659 g/mol. The Morgan fingerprint density at radius 1 is 0.685 bits per heavy atom. The third-order valence-corrected chi connectivity index (χ3v) is 13.2. The van der Waals surface area contributed by atoms with Crippen molar-refractivity contribution in [2.75, 3.05) is 4.90 Å². The Morgan fingerprint density at radius 2 is 1.46 bits per heavy atom. The topological polar surface area (TPSA) is 21.7 Å². The van der Waals surface area contributed by atoms with Gasteiger partial charge in [0.05, 0.1) is 11.1 Å². The van der Waals surface area contributed by atoms with Crippen LogP contribution in [-0.2, 0) is 5.41 Å². The number of ether oxygens (including phenoxy) is 2. The highest BCUT2D eigenvalue weighted by Crippen LogP contribution is 2.66. The number of hydrogen-bond donors (Lipinski definition) is 0. The SMILES string of the molecule is C1=CC2=C(N(c3ccc4c(c3)OC3=CC5=C(CC3O4)C3(c4ccccc4-c4ccccc43)C3C=CC=CC53)c3cccc4ccccc34)CCCC2C=C1. The molecule has 3 nitrogen and oxygen atoms in total. The zero-order chi connectivity index (χ0) is 35.4. The fourth-order valence-electron chi connectivity index (χ4n) is 11.0. The smallest absolute Gasteiger partial charge is 0.171 e. The van der Waals surface area contributed by atoms with E-state index in [0.717, 1.165) is 42.2 Å². The quantitative estimate of drug-likeness (QED) is 0.187. The largest absolute Gasteiger partial charge is 0.478 e. The Morgan fingerprint density at radius 3 is 2.35 bits per heavy atom. The van der Waals surface area contributed by atoms with Crippen molar-refractivity contribution in [3.63, 3.8) is 0 Å². The molecule has 54 heavy (non-hydrogen) atoms. The van der Waals surface area contributed by atoms with Crippen LogP contribution in [0.4, 0.5) is 11.4 Å². The molecule has 0 saturated heterocycles. The Bertz CT molecular complexity index is 2610. The molecule has 0 fully saturated rings. The summed E-state index contributed by atoms with van der Waals surface area (Å²) in [5.74, 6) is 3.48. The first-order chi connectivity index (χ1) is 26.8. The van der Waals surface area contributed by atoms with E-state index in [1.165, 1.54) is 67.6 Å². The average molecular weight is 698 g/mol. The highest BCUT2D eigenvalue weighted by Gasteiger charge is 2.59. The molecule has 1 aliphatic heterocycles. The molecule has 0 radical (unpaired) electrons. The number of benzene rings is 5. The summed E-state index contributed by atoms with van der Waals surface area (Å²) in [4.78, 5) is 2.50. The van der Waals surface area contributed by atoms with Crippen LogP contribution in [0.25, 0.3) is 21.9 Å². The minimum absolute atomic E-state index is 0.190. The number of hydrogen-bond acceptors (Lipinski definition) is 3. The lowest BCUT2D eigenvalue weighted by Gasteiger charge is -2.40. The minimum atomic E-state index is -0.238. The van der Waals surface area contributed by atoms with E-state index in [1.807, 2.05) is 0 Å². The molecule has 7 aliphatic rings. The van der Waals surface area contributed by atoms with Gasteiger partial charge in [0.1, 0.15) is 5.76 Å². The van der Waals surface area contributed by atoms with Crippen LogP contribution in [0.2, 0.25) is 0 Å². The van der Waals surface area contributed by atoms with Gasteiger partial charge < -0.3 is 14.4 Å². The molecule has 0 N–H and O–H groups in total. The van der Waals surface area contributed by atoms with E-state index >= 15 is 0 Å². The maximum absolute atomic E-state index is 7.01. The van der Waals surface area contributed by atoms with Crippen LogP contribution in [0, 0.1) is 17.8 Å². The first-order valence-electron chi connectivity index (χ1n) is 19.6. The van der Waals surface area contributed by atoms with Crippen LogP contribution < -0.4 is 14.4 Å². The third-order valence-electron chi connectivity index (χ3n) is 13.2. The van der Waals surface area contributed by atoms with Crippen molar-refractivity contribution in [3.05, 3.63) is 203 Å². The van der Waals surface area contributed by atoms with Crippen LogP contribution in [-0.4, -0.2) is 6.10 Å². The van der Waals surface area contributed by atoms with Crippen molar-refractivity contribution in [2.24, 2.45) is 17.8 Å². The molecule has 1 spiro atoms. The first kappa shape index (κ1) is 30.4. The van der Waals surface area contributed by atoms with Gasteiger partial charge in [-0.2, -0.15) is 0 Å². The van der Waals surface area contributed by atoms with Gasteiger partial charge in [-0.3, -0.25) is 0 Å². The molecular formula is C51H39NO2. The van der Waals surface area contributed by atoms with E-state index in [-0.39, 0.29) is 23.4 Å². The van der Waals surface area contributed by atoms with Crippen molar-refractivity contribution in [1.82, 2.24) is 0 Å². The Balaban J connectivity index is 0.994. The molecule has 260 valence electrons. The lowest BCUT2D eigenvalue weighted by molar-refractivity contribution is 0.142. The minimum Gasteiger partial charge on any atom is -0.478 e. The van der Waals surface area contributed by atoms with Gasteiger partial charge in [-0.1, -0.05) is 134 Å². The molecule has 0 saturated carbocycles. The molecule has 0 aromatic heterocycles. The first-order valence-corrected chi connectivity index (χ1v) is 19.6. The van der Waals surface area contributed by atoms with Crippen LogP contribution >= 0.6 is 0 Å². The molecule has 3 heteroatoms. The van der Waals surface area contributed by atoms with Gasteiger partial charge in [-0.15, -0.1) is 0 Å². The lowest BCUT2D eigenvalue weighted by Crippen LogP contribution is -2.38. The number of allylic oxidation sites excluding steroid dienone is 12. The molecule has 0 amide bonds. The Kier molecular flexibility index (Phi) is 6.46. The number of fused-ring (bicyclic) bond motifs is 13. The summed E-state index contributed by atoms with van der Waals surface area (Å²) in [5.41, 5.74) is 13.2. The summed E-state index contributed by atoms with van der Waals surface area (Å²) in [6.07, 6.45) is 24.7. The van der Waals surface area contributed by atoms with Gasteiger partial charge in [0, 0.05) is 47.0 Å². The fourth-order valence-corrected chi connectivity index (χ4v) is 11.0. The maximum Gasteiger partial charge on any atom is 0.171 e. The summed E-state index contributed by atoms with van der Waals surface area (Å²) in [5, 5.41) is 2.48. The number of nitrogens with zero attached hydrogens (tertiary/aromatic N) is 1. The molecule has 0 bridgehead atoms. The lowest BCUT2D eigenvalue weighted by atomic mass is 9.63. The van der Waals surface area contributed by atoms with Crippen LogP contribution in [0.5, 0.6) is 11.5 Å². The van der Waals surface area contributed by atoms with Gasteiger partial charge in [-0.25, -0.2) is 0 Å². The van der Waals surface area contributed by atoms with Gasteiger partial charge in [0.2, 0.25) is 0 Å². The van der Waals surface area contributed by atoms with Crippen molar-refractivity contribution in [3.8, 4) is 22.6 Å². The highest BCUT2D eigenvalue weighted by atomic mass is 16.6. The van der Waals surface area contributed by atoms with E-state index in [4.69, 9.17) is 9.47 Å². The average Bonchev–Trinajstić information content (AvgIpc) is 3.69. The Hall–Kier alpha value is -6.06. The monoisotopic (exact) mass is 697 g/mol. The second-order valence-electron chi connectivity index (χ2n) is 15.7. The predicted molar refractivity (Wildman–Crippen MR) is 218 cm³/mol. The maximum atomic E-state index is 7.01. The highest BCUT2D eigenvalue weighted by molar-refractivity contribution is 5.97. The molecule has 6 aliphatic carbocycles. The van der Waals surface area contributed by atoms with E-state index in [0.29, 0.717) is 5.92 Å². The molecule has 12 rings (SSSR count). The number of rotatable bonds is 3. The van der Waals surface area contributed by atoms with Crippen molar-refractivity contribution in [2.45, 2.75) is 37.2 Å². The molecule has 5 aromatic rings. The van der Waals surface area contributed by atoms with Crippen LogP contribution in [0.1, 0.15) is 36.8 Å². The van der Waals surface area contributed by atoms with Gasteiger partial charge in [0.15, 0.2) is 17.6 Å². The molecule has 4 unspecified atom stereocenters. The van der Waals surface area contributed by atoms with Gasteiger partial charge in [0.25, 0.3) is 0 Å². The third kappa shape index (κ3) is 4.13. The molecule has 1 heterocycles. The summed E-state index contributed by atoms with van der Waals surface area (Å²) >= 11 is 0. The van der Waals surface area contributed by atoms with Crippen molar-refractivity contribution < 1.29 is 9.47 Å². The zero-order valence-electron chi connectivity index (χ0n) is 30.0. The second-order valence-corrected chi connectivity index (χ2v) is 15.7. The van der Waals surface area contributed by atoms with E-state index in [9.17, 15) is 0 Å². The van der Waals surface area contributed by atoms with Gasteiger partial charge >= 0.3 is 0 Å². The van der Waals surface area contributed by atoms with Crippen molar-refractivity contribution in [1.29, 1.82) is 0 Å². The van der Waals surface area contributed by atoms with E-state index in [1.54, 1.807) is 0 Å². The van der Waals surface area contributed by atoms with Crippen LogP contribution in [0.15, 0.2) is 192 Å². The van der Waals surface area contributed by atoms with Crippen LogP contribution in [0.3, 0.4) is 0 Å². The van der Waals surface area contributed by atoms with E-state index < -0.39 is 0 Å². The Labute approximate surface area is 316 Å².